The SMILES string of the molecule is C[C@@H](O)CNC(=O)C(=O)NC(C)(C)C. The first-order chi connectivity index (χ1) is 6.22. The maximum Gasteiger partial charge on any atom is 0.309 e. The van der Waals surface area contributed by atoms with Crippen LogP contribution in [0.1, 0.15) is 27.7 Å². The average Bonchev–Trinajstić information content (AvgIpc) is 1.96. The van der Waals surface area contributed by atoms with Crippen LogP contribution >= 0.6 is 0 Å². The van der Waals surface area contributed by atoms with Crippen LogP contribution in [-0.4, -0.2) is 35.1 Å². The summed E-state index contributed by atoms with van der Waals surface area (Å²) in [5.74, 6) is -1.40. The molecule has 5 heteroatoms. The molecule has 0 rings (SSSR count). The molecule has 0 saturated carbocycles. The van der Waals surface area contributed by atoms with Gasteiger partial charge in [0.1, 0.15) is 0 Å². The summed E-state index contributed by atoms with van der Waals surface area (Å²) in [6, 6.07) is 0. The van der Waals surface area contributed by atoms with E-state index in [1.807, 2.05) is 0 Å². The minimum absolute atomic E-state index is 0.0798. The Hall–Kier alpha value is -1.10. The number of nitrogens with one attached hydrogen (secondary N) is 2. The molecule has 2 amide bonds. The molecule has 0 aromatic rings. The second kappa shape index (κ2) is 4.95. The fraction of sp³-hybridized carbons (Fsp3) is 0.778. The summed E-state index contributed by atoms with van der Waals surface area (Å²) in [6.07, 6.45) is -0.651. The molecule has 0 aromatic carbocycles. The smallest absolute Gasteiger partial charge is 0.309 e. The van der Waals surface area contributed by atoms with Crippen molar-refractivity contribution in [1.29, 1.82) is 0 Å². The van der Waals surface area contributed by atoms with Crippen LogP contribution in [0.25, 0.3) is 0 Å². The van der Waals surface area contributed by atoms with Gasteiger partial charge in [-0.1, -0.05) is 0 Å². The molecule has 0 aliphatic heterocycles. The van der Waals surface area contributed by atoms with Crippen LogP contribution in [0.3, 0.4) is 0 Å². The number of hydrogen-bond donors (Lipinski definition) is 3. The van der Waals surface area contributed by atoms with Crippen LogP contribution in [0.15, 0.2) is 0 Å². The summed E-state index contributed by atoms with van der Waals surface area (Å²) in [5, 5.41) is 13.7. The first-order valence-corrected chi connectivity index (χ1v) is 4.51. The van der Waals surface area contributed by atoms with Gasteiger partial charge in [-0.15, -0.1) is 0 Å². The van der Waals surface area contributed by atoms with Gasteiger partial charge in [0.25, 0.3) is 0 Å². The van der Waals surface area contributed by atoms with Crippen molar-refractivity contribution < 1.29 is 14.7 Å². The van der Waals surface area contributed by atoms with E-state index in [0.717, 1.165) is 0 Å². The Bertz CT molecular complexity index is 219. The third-order valence-electron chi connectivity index (χ3n) is 1.25. The van der Waals surface area contributed by atoms with E-state index in [1.165, 1.54) is 6.92 Å². The Morgan fingerprint density at radius 2 is 1.79 bits per heavy atom. The molecule has 0 unspecified atom stereocenters. The Morgan fingerprint density at radius 1 is 1.29 bits per heavy atom. The molecule has 1 atom stereocenters. The maximum atomic E-state index is 11.2. The van der Waals surface area contributed by atoms with Crippen LogP contribution in [0.2, 0.25) is 0 Å². The molecule has 0 aliphatic rings. The molecular formula is C9H18N2O3. The van der Waals surface area contributed by atoms with Crippen molar-refractivity contribution in [2.24, 2.45) is 0 Å². The molecule has 3 N–H and O–H groups in total. The van der Waals surface area contributed by atoms with E-state index in [2.05, 4.69) is 10.6 Å². The van der Waals surface area contributed by atoms with Gasteiger partial charge in [-0.25, -0.2) is 0 Å². The number of aliphatic hydroxyl groups excluding tert-OH is 1. The highest BCUT2D eigenvalue weighted by Crippen LogP contribution is 1.97. The average molecular weight is 202 g/mol. The molecule has 0 bridgehead atoms. The van der Waals surface area contributed by atoms with E-state index in [1.54, 1.807) is 20.8 Å². The quantitative estimate of drug-likeness (QED) is 0.523. The fourth-order valence-electron chi connectivity index (χ4n) is 0.718. The van der Waals surface area contributed by atoms with Crippen molar-refractivity contribution in [3.8, 4) is 0 Å². The largest absolute Gasteiger partial charge is 0.392 e. The monoisotopic (exact) mass is 202 g/mol. The van der Waals surface area contributed by atoms with Crippen molar-refractivity contribution in [3.05, 3.63) is 0 Å². The van der Waals surface area contributed by atoms with Crippen LogP contribution in [0.4, 0.5) is 0 Å². The first-order valence-electron chi connectivity index (χ1n) is 4.51. The van der Waals surface area contributed by atoms with Crippen molar-refractivity contribution in [3.63, 3.8) is 0 Å². The van der Waals surface area contributed by atoms with Crippen molar-refractivity contribution in [2.45, 2.75) is 39.3 Å². The van der Waals surface area contributed by atoms with E-state index in [9.17, 15) is 9.59 Å². The molecule has 0 radical (unpaired) electrons. The number of carbonyl (C=O) groups excluding carboxylic acids is 2. The topological polar surface area (TPSA) is 78.4 Å². The molecule has 0 saturated heterocycles. The number of aliphatic hydroxyl groups is 1. The van der Waals surface area contributed by atoms with Crippen molar-refractivity contribution in [2.75, 3.05) is 6.54 Å². The Balaban J connectivity index is 3.95. The second-order valence-electron chi connectivity index (χ2n) is 4.26. The molecular weight excluding hydrogens is 184 g/mol. The molecule has 0 spiro atoms. The lowest BCUT2D eigenvalue weighted by molar-refractivity contribution is -0.140. The first kappa shape index (κ1) is 12.9. The molecule has 0 aromatic heterocycles. The van der Waals surface area contributed by atoms with E-state index in [4.69, 9.17) is 5.11 Å². The molecule has 5 nitrogen and oxygen atoms in total. The van der Waals surface area contributed by atoms with E-state index < -0.39 is 23.5 Å². The van der Waals surface area contributed by atoms with Crippen LogP contribution in [0, 0.1) is 0 Å². The Kier molecular flexibility index (Phi) is 4.56. The zero-order chi connectivity index (χ0) is 11.4. The summed E-state index contributed by atoms with van der Waals surface area (Å²) in [7, 11) is 0. The zero-order valence-electron chi connectivity index (χ0n) is 9.05. The van der Waals surface area contributed by atoms with Gasteiger partial charge in [0, 0.05) is 12.1 Å². The van der Waals surface area contributed by atoms with Gasteiger partial charge in [-0.3, -0.25) is 9.59 Å². The summed E-state index contributed by atoms with van der Waals surface area (Å²) in [5.41, 5.74) is -0.431. The van der Waals surface area contributed by atoms with E-state index >= 15 is 0 Å². The predicted molar refractivity (Wildman–Crippen MR) is 52.6 cm³/mol. The highest BCUT2D eigenvalue weighted by atomic mass is 16.3. The van der Waals surface area contributed by atoms with Gasteiger partial charge in [0.15, 0.2) is 0 Å². The highest BCUT2D eigenvalue weighted by Gasteiger charge is 2.19. The normalized spacial score (nSPS) is 13.2. The van der Waals surface area contributed by atoms with Gasteiger partial charge in [-0.05, 0) is 27.7 Å². The Morgan fingerprint density at radius 3 is 2.14 bits per heavy atom. The van der Waals surface area contributed by atoms with Gasteiger partial charge >= 0.3 is 11.8 Å². The molecule has 14 heavy (non-hydrogen) atoms. The molecule has 0 fully saturated rings. The van der Waals surface area contributed by atoms with Crippen LogP contribution in [-0.2, 0) is 9.59 Å². The number of hydrogen-bond acceptors (Lipinski definition) is 3. The highest BCUT2D eigenvalue weighted by molar-refractivity contribution is 6.35. The third-order valence-corrected chi connectivity index (χ3v) is 1.25. The lowest BCUT2D eigenvalue weighted by Crippen LogP contribution is -2.49. The van der Waals surface area contributed by atoms with E-state index in [0.29, 0.717) is 0 Å². The predicted octanol–water partition coefficient (Wildman–Crippen LogP) is -0.602. The minimum atomic E-state index is -0.721. The minimum Gasteiger partial charge on any atom is -0.392 e. The summed E-state index contributed by atoms with van der Waals surface area (Å²) in [4.78, 5) is 22.3. The lowest BCUT2D eigenvalue weighted by atomic mass is 10.1. The van der Waals surface area contributed by atoms with Gasteiger partial charge in [0.05, 0.1) is 6.10 Å². The molecule has 0 heterocycles. The second-order valence-corrected chi connectivity index (χ2v) is 4.26. The van der Waals surface area contributed by atoms with E-state index in [-0.39, 0.29) is 6.54 Å². The van der Waals surface area contributed by atoms with Gasteiger partial charge in [0.2, 0.25) is 0 Å². The molecule has 0 aliphatic carbocycles. The lowest BCUT2D eigenvalue weighted by Gasteiger charge is -2.19. The van der Waals surface area contributed by atoms with Crippen molar-refractivity contribution in [1.82, 2.24) is 10.6 Å². The molecule has 82 valence electrons. The maximum absolute atomic E-state index is 11.2. The zero-order valence-corrected chi connectivity index (χ0v) is 9.05. The Labute approximate surface area is 83.9 Å². The summed E-state index contributed by atoms with van der Waals surface area (Å²) < 4.78 is 0. The summed E-state index contributed by atoms with van der Waals surface area (Å²) >= 11 is 0. The van der Waals surface area contributed by atoms with Crippen molar-refractivity contribution >= 4 is 11.8 Å². The standard InChI is InChI=1S/C9H18N2O3/c1-6(12)5-10-7(13)8(14)11-9(2,3)4/h6,12H,5H2,1-4H3,(H,10,13)(H,11,14)/t6-/m1/s1. The third kappa shape index (κ3) is 6.42. The number of rotatable bonds is 2. The fourth-order valence-corrected chi connectivity index (χ4v) is 0.718. The number of amides is 2. The van der Waals surface area contributed by atoms with Gasteiger partial charge < -0.3 is 15.7 Å². The van der Waals surface area contributed by atoms with Crippen LogP contribution < -0.4 is 10.6 Å². The van der Waals surface area contributed by atoms with Gasteiger partial charge in [-0.2, -0.15) is 0 Å². The number of carbonyl (C=O) groups is 2. The van der Waals surface area contributed by atoms with Crippen LogP contribution in [0.5, 0.6) is 0 Å². The summed E-state index contributed by atoms with van der Waals surface area (Å²) in [6.45, 7) is 6.96.